The Balaban J connectivity index is 1.51. The third-order valence-electron chi connectivity index (χ3n) is 4.49. The molecular weight excluding hydrogens is 306 g/mol. The fourth-order valence-corrected chi connectivity index (χ4v) is 4.01. The molecule has 0 amide bonds. The molecule has 0 radical (unpaired) electrons. The standard InChI is InChI=1S/C19H25NO2S/c1-15-6-2-3-8-18(15)19-9-4-10-20(19)12-16(21)13-22-14-17-7-5-11-23-17/h2-3,5-8,11,16,19,21H,4,9-10,12-14H2,1H3/t16-,19+/m0/s1. The van der Waals surface area contributed by atoms with E-state index in [0.717, 1.165) is 6.54 Å². The summed E-state index contributed by atoms with van der Waals surface area (Å²) in [6.07, 6.45) is 1.94. The summed E-state index contributed by atoms with van der Waals surface area (Å²) in [4.78, 5) is 3.61. The van der Waals surface area contributed by atoms with Gasteiger partial charge in [-0.25, -0.2) is 0 Å². The van der Waals surface area contributed by atoms with Crippen LogP contribution in [0, 0.1) is 6.92 Å². The second-order valence-corrected chi connectivity index (χ2v) is 7.29. The molecule has 3 rings (SSSR count). The number of ether oxygens (including phenoxy) is 1. The van der Waals surface area contributed by atoms with Crippen LogP contribution in [0.3, 0.4) is 0 Å². The minimum Gasteiger partial charge on any atom is -0.389 e. The Morgan fingerprint density at radius 3 is 2.96 bits per heavy atom. The van der Waals surface area contributed by atoms with Gasteiger partial charge in [-0.2, -0.15) is 0 Å². The summed E-state index contributed by atoms with van der Waals surface area (Å²) < 4.78 is 5.65. The normalized spacial score (nSPS) is 20.0. The first-order chi connectivity index (χ1) is 11.2. The van der Waals surface area contributed by atoms with E-state index >= 15 is 0 Å². The fourth-order valence-electron chi connectivity index (χ4n) is 3.37. The first-order valence-electron chi connectivity index (χ1n) is 8.32. The summed E-state index contributed by atoms with van der Waals surface area (Å²) in [5, 5.41) is 12.4. The van der Waals surface area contributed by atoms with Crippen molar-refractivity contribution >= 4 is 11.3 Å². The minimum atomic E-state index is -0.431. The highest BCUT2D eigenvalue weighted by atomic mass is 32.1. The number of hydrogen-bond acceptors (Lipinski definition) is 4. The highest BCUT2D eigenvalue weighted by Crippen LogP contribution is 2.33. The van der Waals surface area contributed by atoms with Crippen molar-refractivity contribution in [1.29, 1.82) is 0 Å². The topological polar surface area (TPSA) is 32.7 Å². The van der Waals surface area contributed by atoms with E-state index < -0.39 is 6.10 Å². The zero-order chi connectivity index (χ0) is 16.1. The van der Waals surface area contributed by atoms with Crippen LogP contribution in [0.25, 0.3) is 0 Å². The van der Waals surface area contributed by atoms with E-state index in [1.165, 1.54) is 28.8 Å². The monoisotopic (exact) mass is 331 g/mol. The van der Waals surface area contributed by atoms with Crippen LogP contribution in [0.1, 0.15) is 34.9 Å². The summed E-state index contributed by atoms with van der Waals surface area (Å²) in [7, 11) is 0. The van der Waals surface area contributed by atoms with Crippen LogP contribution in [0.5, 0.6) is 0 Å². The molecule has 2 aromatic rings. The Morgan fingerprint density at radius 1 is 1.30 bits per heavy atom. The predicted molar refractivity (Wildman–Crippen MR) is 94.7 cm³/mol. The number of thiophene rings is 1. The zero-order valence-corrected chi connectivity index (χ0v) is 14.5. The van der Waals surface area contributed by atoms with E-state index in [2.05, 4.69) is 42.2 Å². The lowest BCUT2D eigenvalue weighted by Gasteiger charge is -2.28. The SMILES string of the molecule is Cc1ccccc1[C@H]1CCCN1C[C@H](O)COCc1cccs1. The lowest BCUT2D eigenvalue weighted by atomic mass is 9.99. The molecule has 0 spiro atoms. The van der Waals surface area contributed by atoms with Crippen LogP contribution in [-0.4, -0.2) is 35.8 Å². The Hall–Kier alpha value is -1.20. The Kier molecular flexibility index (Phi) is 5.84. The maximum Gasteiger partial charge on any atom is 0.0900 e. The Morgan fingerprint density at radius 2 is 2.17 bits per heavy atom. The predicted octanol–water partition coefficient (Wildman–Crippen LogP) is 3.77. The van der Waals surface area contributed by atoms with Gasteiger partial charge in [-0.1, -0.05) is 30.3 Å². The number of hydrogen-bond donors (Lipinski definition) is 1. The summed E-state index contributed by atoms with van der Waals surface area (Å²) in [5.41, 5.74) is 2.74. The molecule has 1 aliphatic heterocycles. The van der Waals surface area contributed by atoms with Crippen molar-refractivity contribution in [2.45, 2.75) is 38.5 Å². The van der Waals surface area contributed by atoms with Gasteiger partial charge in [0, 0.05) is 17.5 Å². The van der Waals surface area contributed by atoms with E-state index in [9.17, 15) is 5.11 Å². The molecule has 3 nitrogen and oxygen atoms in total. The molecule has 0 bridgehead atoms. The zero-order valence-electron chi connectivity index (χ0n) is 13.6. The molecule has 1 fully saturated rings. The number of β-amino-alcohol motifs (C(OH)–C–C–N with tert-alkyl or cyclic N) is 1. The lowest BCUT2D eigenvalue weighted by Crippen LogP contribution is -2.34. The average Bonchev–Trinajstić information content (AvgIpc) is 3.20. The highest BCUT2D eigenvalue weighted by molar-refractivity contribution is 7.09. The molecule has 4 heteroatoms. The summed E-state index contributed by atoms with van der Waals surface area (Å²) in [5.74, 6) is 0. The molecule has 1 aliphatic rings. The van der Waals surface area contributed by atoms with Crippen molar-refractivity contribution in [3.8, 4) is 0 Å². The first kappa shape index (κ1) is 16.7. The Bertz CT molecular complexity index is 599. The van der Waals surface area contributed by atoms with Crippen LogP contribution < -0.4 is 0 Å². The number of aliphatic hydroxyl groups excluding tert-OH is 1. The fraction of sp³-hybridized carbons (Fsp3) is 0.474. The van der Waals surface area contributed by atoms with Crippen molar-refractivity contribution in [3.63, 3.8) is 0 Å². The second kappa shape index (κ2) is 8.06. The van der Waals surface area contributed by atoms with Crippen LogP contribution in [0.4, 0.5) is 0 Å². The number of aryl methyl sites for hydroxylation is 1. The Labute approximate surface area is 142 Å². The van der Waals surface area contributed by atoms with Gasteiger partial charge in [-0.05, 0) is 48.9 Å². The van der Waals surface area contributed by atoms with Crippen molar-refractivity contribution < 1.29 is 9.84 Å². The molecular formula is C19H25NO2S. The summed E-state index contributed by atoms with van der Waals surface area (Å²) in [6.45, 7) is 4.90. The number of aliphatic hydroxyl groups is 1. The van der Waals surface area contributed by atoms with E-state index in [-0.39, 0.29) is 0 Å². The molecule has 1 aromatic heterocycles. The van der Waals surface area contributed by atoms with Crippen molar-refractivity contribution in [2.24, 2.45) is 0 Å². The maximum absolute atomic E-state index is 10.3. The third kappa shape index (κ3) is 4.42. The molecule has 2 heterocycles. The number of likely N-dealkylation sites (tertiary alicyclic amines) is 1. The van der Waals surface area contributed by atoms with Crippen LogP contribution in [-0.2, 0) is 11.3 Å². The lowest BCUT2D eigenvalue weighted by molar-refractivity contribution is 0.00844. The van der Waals surface area contributed by atoms with Crippen molar-refractivity contribution in [3.05, 3.63) is 57.8 Å². The van der Waals surface area contributed by atoms with Gasteiger partial charge in [0.05, 0.1) is 19.3 Å². The number of benzene rings is 1. The van der Waals surface area contributed by atoms with Gasteiger partial charge in [-0.3, -0.25) is 4.90 Å². The molecule has 0 saturated carbocycles. The van der Waals surface area contributed by atoms with E-state index in [0.29, 0.717) is 25.8 Å². The van der Waals surface area contributed by atoms with Gasteiger partial charge in [0.2, 0.25) is 0 Å². The van der Waals surface area contributed by atoms with E-state index in [1.54, 1.807) is 11.3 Å². The molecule has 124 valence electrons. The minimum absolute atomic E-state index is 0.398. The number of rotatable bonds is 7. The quantitative estimate of drug-likeness (QED) is 0.838. The number of nitrogens with zero attached hydrogens (tertiary/aromatic N) is 1. The highest BCUT2D eigenvalue weighted by Gasteiger charge is 2.28. The van der Waals surface area contributed by atoms with Gasteiger partial charge in [-0.15, -0.1) is 11.3 Å². The molecule has 0 aliphatic carbocycles. The van der Waals surface area contributed by atoms with Crippen molar-refractivity contribution in [1.82, 2.24) is 4.90 Å². The van der Waals surface area contributed by atoms with Crippen molar-refractivity contribution in [2.75, 3.05) is 19.7 Å². The van der Waals surface area contributed by atoms with Gasteiger partial charge in [0.25, 0.3) is 0 Å². The smallest absolute Gasteiger partial charge is 0.0900 e. The van der Waals surface area contributed by atoms with Crippen LogP contribution in [0.15, 0.2) is 41.8 Å². The summed E-state index contributed by atoms with van der Waals surface area (Å²) >= 11 is 1.69. The molecule has 1 aromatic carbocycles. The van der Waals surface area contributed by atoms with Crippen LogP contribution >= 0.6 is 11.3 Å². The van der Waals surface area contributed by atoms with Gasteiger partial charge < -0.3 is 9.84 Å². The largest absolute Gasteiger partial charge is 0.389 e. The average molecular weight is 331 g/mol. The van der Waals surface area contributed by atoms with Gasteiger partial charge in [0.15, 0.2) is 0 Å². The summed E-state index contributed by atoms with van der Waals surface area (Å²) in [6, 6.07) is 13.1. The first-order valence-corrected chi connectivity index (χ1v) is 9.20. The molecule has 1 saturated heterocycles. The second-order valence-electron chi connectivity index (χ2n) is 6.26. The molecule has 2 atom stereocenters. The molecule has 0 unspecified atom stereocenters. The molecule has 1 N–H and O–H groups in total. The van der Waals surface area contributed by atoms with E-state index in [1.807, 2.05) is 11.4 Å². The van der Waals surface area contributed by atoms with Crippen LogP contribution in [0.2, 0.25) is 0 Å². The van der Waals surface area contributed by atoms with Gasteiger partial charge >= 0.3 is 0 Å². The van der Waals surface area contributed by atoms with E-state index in [4.69, 9.17) is 4.74 Å². The van der Waals surface area contributed by atoms with Gasteiger partial charge in [0.1, 0.15) is 0 Å². The maximum atomic E-state index is 10.3. The third-order valence-corrected chi connectivity index (χ3v) is 5.34. The molecule has 23 heavy (non-hydrogen) atoms.